The molecule has 0 spiro atoms. The highest BCUT2D eigenvalue weighted by Crippen LogP contribution is 2.30. The lowest BCUT2D eigenvalue weighted by atomic mass is 9.97. The Morgan fingerprint density at radius 3 is 2.71 bits per heavy atom. The number of likely N-dealkylation sites (N-methyl/N-ethyl adjacent to an activating group) is 1. The maximum Gasteiger partial charge on any atom is 0.313 e. The molecule has 1 aromatic rings. The van der Waals surface area contributed by atoms with Crippen molar-refractivity contribution in [3.05, 3.63) is 33.9 Å². The van der Waals surface area contributed by atoms with E-state index in [1.54, 1.807) is 32.0 Å². The largest absolute Gasteiger partial charge is 0.487 e. The van der Waals surface area contributed by atoms with Crippen molar-refractivity contribution in [2.75, 3.05) is 13.2 Å². The van der Waals surface area contributed by atoms with Gasteiger partial charge in [0, 0.05) is 12.0 Å². The van der Waals surface area contributed by atoms with Gasteiger partial charge in [-0.1, -0.05) is 19.1 Å². The number of para-hydroxylation sites is 1. The van der Waals surface area contributed by atoms with Crippen LogP contribution in [0.5, 0.6) is 5.75 Å². The zero-order valence-electron chi connectivity index (χ0n) is 12.5. The lowest BCUT2D eigenvalue weighted by Gasteiger charge is -2.26. The molecule has 3 N–H and O–H groups in total. The van der Waals surface area contributed by atoms with Gasteiger partial charge in [0.25, 0.3) is 0 Å². The normalized spacial score (nSPS) is 13.5. The van der Waals surface area contributed by atoms with Crippen molar-refractivity contribution < 1.29 is 14.5 Å². The fourth-order valence-corrected chi connectivity index (χ4v) is 2.04. The van der Waals surface area contributed by atoms with E-state index in [4.69, 9.17) is 10.5 Å². The van der Waals surface area contributed by atoms with Crippen LogP contribution in [-0.2, 0) is 4.79 Å². The number of amides is 1. The van der Waals surface area contributed by atoms with E-state index in [1.165, 1.54) is 0 Å². The molecule has 1 atom stereocenters. The Hall–Kier alpha value is -2.15. The van der Waals surface area contributed by atoms with Crippen molar-refractivity contribution in [1.29, 1.82) is 0 Å². The van der Waals surface area contributed by atoms with E-state index in [0.717, 1.165) is 0 Å². The van der Waals surface area contributed by atoms with Crippen molar-refractivity contribution in [2.24, 2.45) is 5.73 Å². The molecule has 0 saturated heterocycles. The van der Waals surface area contributed by atoms with Crippen molar-refractivity contribution in [2.45, 2.75) is 32.7 Å². The van der Waals surface area contributed by atoms with Crippen LogP contribution >= 0.6 is 0 Å². The highest BCUT2D eigenvalue weighted by molar-refractivity contribution is 5.84. The number of carbonyl (C=O) groups excluding carboxylic acids is 1. The molecule has 0 heterocycles. The Labute approximate surface area is 123 Å². The molecular weight excluding hydrogens is 274 g/mol. The summed E-state index contributed by atoms with van der Waals surface area (Å²) in [5.41, 5.74) is 4.95. The van der Waals surface area contributed by atoms with E-state index < -0.39 is 16.4 Å². The fourth-order valence-electron chi connectivity index (χ4n) is 2.04. The number of nitrogens with one attached hydrogen (secondary N) is 1. The fraction of sp³-hybridized carbons (Fsp3) is 0.500. The monoisotopic (exact) mass is 295 g/mol. The van der Waals surface area contributed by atoms with Gasteiger partial charge in [-0.15, -0.1) is 0 Å². The number of hydrogen-bond donors (Lipinski definition) is 2. The van der Waals surface area contributed by atoms with Crippen LogP contribution in [0.2, 0.25) is 0 Å². The van der Waals surface area contributed by atoms with Crippen LogP contribution in [0.15, 0.2) is 18.2 Å². The van der Waals surface area contributed by atoms with Gasteiger partial charge in [-0.05, 0) is 26.5 Å². The van der Waals surface area contributed by atoms with E-state index in [9.17, 15) is 14.9 Å². The standard InChI is InChI=1S/C14H21N3O4/c1-4-16-14(3,13(15)18)8-9-21-11-7-5-6-10(2)12(11)17(19)20/h5-7,16H,4,8-9H2,1-3H3,(H2,15,18). The average molecular weight is 295 g/mol. The van der Waals surface area contributed by atoms with Crippen molar-refractivity contribution in [3.8, 4) is 5.75 Å². The number of benzene rings is 1. The van der Waals surface area contributed by atoms with Crippen LogP contribution in [-0.4, -0.2) is 29.5 Å². The summed E-state index contributed by atoms with van der Waals surface area (Å²) in [5.74, 6) is -0.282. The summed E-state index contributed by atoms with van der Waals surface area (Å²) < 4.78 is 5.48. The molecule has 0 saturated carbocycles. The van der Waals surface area contributed by atoms with E-state index >= 15 is 0 Å². The van der Waals surface area contributed by atoms with Gasteiger partial charge in [0.1, 0.15) is 0 Å². The predicted molar refractivity (Wildman–Crippen MR) is 79.2 cm³/mol. The molecule has 0 bridgehead atoms. The number of carbonyl (C=O) groups is 1. The molecule has 7 heteroatoms. The summed E-state index contributed by atoms with van der Waals surface area (Å²) in [6.07, 6.45) is 0.321. The third kappa shape index (κ3) is 4.16. The summed E-state index contributed by atoms with van der Waals surface area (Å²) in [6.45, 7) is 5.94. The lowest BCUT2D eigenvalue weighted by Crippen LogP contribution is -2.53. The Morgan fingerprint density at radius 2 is 2.19 bits per heavy atom. The quantitative estimate of drug-likeness (QED) is 0.558. The summed E-state index contributed by atoms with van der Waals surface area (Å²) in [5, 5.41) is 14.1. The molecule has 21 heavy (non-hydrogen) atoms. The van der Waals surface area contributed by atoms with Crippen molar-refractivity contribution in [1.82, 2.24) is 5.32 Å². The van der Waals surface area contributed by atoms with E-state index in [2.05, 4.69) is 5.32 Å². The molecule has 0 fully saturated rings. The van der Waals surface area contributed by atoms with Gasteiger partial charge < -0.3 is 15.8 Å². The molecule has 0 aliphatic carbocycles. The number of aryl methyl sites for hydroxylation is 1. The summed E-state index contributed by atoms with van der Waals surface area (Å²) in [4.78, 5) is 22.1. The van der Waals surface area contributed by atoms with E-state index in [-0.39, 0.29) is 18.0 Å². The molecule has 1 aromatic carbocycles. The summed E-state index contributed by atoms with van der Waals surface area (Å²) in [7, 11) is 0. The lowest BCUT2D eigenvalue weighted by molar-refractivity contribution is -0.386. The van der Waals surface area contributed by atoms with Crippen LogP contribution in [0.25, 0.3) is 0 Å². The number of nitro benzene ring substituents is 1. The molecule has 0 aliphatic rings. The first kappa shape index (κ1) is 16.9. The summed E-state index contributed by atoms with van der Waals surface area (Å²) >= 11 is 0. The number of ether oxygens (including phenoxy) is 1. The average Bonchev–Trinajstić information content (AvgIpc) is 2.38. The second-order valence-electron chi connectivity index (χ2n) is 5.00. The van der Waals surface area contributed by atoms with Gasteiger partial charge in [-0.25, -0.2) is 0 Å². The molecular formula is C14H21N3O4. The van der Waals surface area contributed by atoms with Gasteiger partial charge >= 0.3 is 5.69 Å². The minimum Gasteiger partial charge on any atom is -0.487 e. The number of nitrogens with two attached hydrogens (primary N) is 1. The Balaban J connectivity index is 2.79. The van der Waals surface area contributed by atoms with Gasteiger partial charge in [0.15, 0.2) is 5.75 Å². The third-order valence-electron chi connectivity index (χ3n) is 3.35. The van der Waals surface area contributed by atoms with Gasteiger partial charge in [0.2, 0.25) is 5.91 Å². The van der Waals surface area contributed by atoms with Crippen LogP contribution in [0.1, 0.15) is 25.8 Å². The second kappa shape index (κ2) is 7.03. The van der Waals surface area contributed by atoms with Crippen LogP contribution in [0, 0.1) is 17.0 Å². The highest BCUT2D eigenvalue weighted by atomic mass is 16.6. The van der Waals surface area contributed by atoms with Gasteiger partial charge in [-0.3, -0.25) is 14.9 Å². The number of nitro groups is 1. The van der Waals surface area contributed by atoms with Crippen LogP contribution in [0.4, 0.5) is 5.69 Å². The van der Waals surface area contributed by atoms with Crippen molar-refractivity contribution in [3.63, 3.8) is 0 Å². The molecule has 1 amide bonds. The van der Waals surface area contributed by atoms with Gasteiger partial charge in [0.05, 0.1) is 17.1 Å². The Bertz CT molecular complexity index is 533. The first-order chi connectivity index (χ1) is 9.81. The second-order valence-corrected chi connectivity index (χ2v) is 5.00. The molecule has 0 aromatic heterocycles. The maximum atomic E-state index is 11.5. The molecule has 116 valence electrons. The first-order valence-corrected chi connectivity index (χ1v) is 6.73. The first-order valence-electron chi connectivity index (χ1n) is 6.73. The molecule has 7 nitrogen and oxygen atoms in total. The van der Waals surface area contributed by atoms with Crippen LogP contribution in [0.3, 0.4) is 0 Å². The smallest absolute Gasteiger partial charge is 0.313 e. The SMILES string of the molecule is CCNC(C)(CCOc1cccc(C)c1[N+](=O)[O-])C(N)=O. The Morgan fingerprint density at radius 1 is 1.52 bits per heavy atom. The minimum atomic E-state index is -0.895. The predicted octanol–water partition coefficient (Wildman–Crippen LogP) is 1.53. The number of primary amides is 1. The topological polar surface area (TPSA) is 107 Å². The van der Waals surface area contributed by atoms with E-state index in [0.29, 0.717) is 18.5 Å². The zero-order valence-corrected chi connectivity index (χ0v) is 12.5. The molecule has 0 radical (unpaired) electrons. The molecule has 0 aliphatic heterocycles. The minimum absolute atomic E-state index is 0.0540. The number of nitrogens with zero attached hydrogens (tertiary/aromatic N) is 1. The highest BCUT2D eigenvalue weighted by Gasteiger charge is 2.30. The summed E-state index contributed by atoms with van der Waals surface area (Å²) in [6, 6.07) is 4.88. The maximum absolute atomic E-state index is 11.5. The van der Waals surface area contributed by atoms with Gasteiger partial charge in [-0.2, -0.15) is 0 Å². The van der Waals surface area contributed by atoms with Crippen molar-refractivity contribution >= 4 is 11.6 Å². The zero-order chi connectivity index (χ0) is 16.0. The van der Waals surface area contributed by atoms with E-state index in [1.807, 2.05) is 6.92 Å². The molecule has 1 unspecified atom stereocenters. The van der Waals surface area contributed by atoms with Crippen LogP contribution < -0.4 is 15.8 Å². The molecule has 1 rings (SSSR count). The number of rotatable bonds is 8. The number of hydrogen-bond acceptors (Lipinski definition) is 5. The Kier molecular flexibility index (Phi) is 5.66. The third-order valence-corrected chi connectivity index (χ3v) is 3.35.